The molecule has 2 aromatic rings. The van der Waals surface area contributed by atoms with Crippen LogP contribution in [0.15, 0.2) is 47.4 Å². The monoisotopic (exact) mass is 641 g/mol. The lowest BCUT2D eigenvalue weighted by Crippen LogP contribution is -2.51. The molecule has 3 fully saturated rings. The van der Waals surface area contributed by atoms with E-state index in [-0.39, 0.29) is 23.4 Å². The van der Waals surface area contributed by atoms with Gasteiger partial charge in [0.1, 0.15) is 0 Å². The van der Waals surface area contributed by atoms with E-state index in [1.54, 1.807) is 23.4 Å². The van der Waals surface area contributed by atoms with E-state index in [0.717, 1.165) is 37.7 Å². The number of hydrogen-bond acceptors (Lipinski definition) is 4. The van der Waals surface area contributed by atoms with Gasteiger partial charge in [-0.3, -0.25) is 9.69 Å². The van der Waals surface area contributed by atoms with Gasteiger partial charge in [0, 0.05) is 36.1 Å². The summed E-state index contributed by atoms with van der Waals surface area (Å²) >= 11 is 6.26. The summed E-state index contributed by atoms with van der Waals surface area (Å²) in [5.41, 5.74) is 3.15. The number of carbonyl (C=O) groups is 1. The molecule has 3 aliphatic rings. The maximum atomic E-state index is 13.8. The lowest BCUT2D eigenvalue weighted by atomic mass is 9.71. The Labute approximate surface area is 271 Å². The van der Waals surface area contributed by atoms with Gasteiger partial charge in [0.15, 0.2) is 0 Å². The van der Waals surface area contributed by atoms with Gasteiger partial charge >= 0.3 is 0 Å². The molecule has 6 nitrogen and oxygen atoms in total. The molecule has 2 atom stereocenters. The summed E-state index contributed by atoms with van der Waals surface area (Å²) in [6, 6.07) is 14.2. The molecule has 1 saturated carbocycles. The van der Waals surface area contributed by atoms with Gasteiger partial charge in [-0.05, 0) is 132 Å². The van der Waals surface area contributed by atoms with Crippen LogP contribution in [0.4, 0.5) is 0 Å². The summed E-state index contributed by atoms with van der Waals surface area (Å²) in [6.45, 7) is 9.31. The zero-order valence-electron chi connectivity index (χ0n) is 27.0. The van der Waals surface area contributed by atoms with E-state index in [9.17, 15) is 13.2 Å². The molecule has 0 bridgehead atoms. The Bertz CT molecular complexity index is 1370. The van der Waals surface area contributed by atoms with Crippen molar-refractivity contribution in [1.29, 1.82) is 0 Å². The Morgan fingerprint density at radius 1 is 0.977 bits per heavy atom. The van der Waals surface area contributed by atoms with E-state index < -0.39 is 10.0 Å². The number of aryl methyl sites for hydroxylation is 2. The summed E-state index contributed by atoms with van der Waals surface area (Å²) in [6.07, 6.45) is 12.6. The van der Waals surface area contributed by atoms with Gasteiger partial charge in [-0.1, -0.05) is 55.3 Å². The molecule has 0 radical (unpaired) electrons. The Hall–Kier alpha value is -1.93. The summed E-state index contributed by atoms with van der Waals surface area (Å²) in [5.74, 6) is 0.613. The average molecular weight is 642 g/mol. The predicted octanol–water partition coefficient (Wildman–Crippen LogP) is 7.30. The van der Waals surface area contributed by atoms with Crippen molar-refractivity contribution < 1.29 is 13.2 Å². The van der Waals surface area contributed by atoms with E-state index in [1.807, 2.05) is 13.8 Å². The third-order valence-corrected chi connectivity index (χ3v) is 13.2. The van der Waals surface area contributed by atoms with Gasteiger partial charge in [0.2, 0.25) is 15.9 Å². The minimum Gasteiger partial charge on any atom is -0.356 e. The number of nitrogens with zero attached hydrogens (tertiary/aromatic N) is 2. The minimum absolute atomic E-state index is 0.0326. The van der Waals surface area contributed by atoms with E-state index in [0.29, 0.717) is 40.9 Å². The number of benzene rings is 2. The number of sulfonamides is 1. The van der Waals surface area contributed by atoms with Crippen LogP contribution < -0.4 is 5.32 Å². The Morgan fingerprint density at radius 2 is 1.66 bits per heavy atom. The van der Waals surface area contributed by atoms with Crippen LogP contribution in [0.2, 0.25) is 5.02 Å². The summed E-state index contributed by atoms with van der Waals surface area (Å²) < 4.78 is 29.3. The first kappa shape index (κ1) is 33.4. The number of likely N-dealkylation sites (tertiary alicyclic amines) is 1. The topological polar surface area (TPSA) is 69.7 Å². The normalized spacial score (nSPS) is 26.0. The first-order valence-corrected chi connectivity index (χ1v) is 18.8. The van der Waals surface area contributed by atoms with Gasteiger partial charge in [0.05, 0.1) is 4.90 Å². The molecule has 2 aromatic carbocycles. The molecule has 2 unspecified atom stereocenters. The number of nitrogens with one attached hydrogen (secondary N) is 1. The van der Waals surface area contributed by atoms with Crippen molar-refractivity contribution in [1.82, 2.24) is 14.5 Å². The molecule has 5 rings (SSSR count). The molecule has 1 amide bonds. The number of hydrogen-bond donors (Lipinski definition) is 1. The zero-order chi connectivity index (χ0) is 31.3. The quantitative estimate of drug-likeness (QED) is 0.280. The average Bonchev–Trinajstić information content (AvgIpc) is 3.56. The second kappa shape index (κ2) is 14.7. The molecule has 0 aromatic heterocycles. The molecule has 2 saturated heterocycles. The number of piperidine rings is 1. The lowest BCUT2D eigenvalue weighted by molar-refractivity contribution is -0.122. The maximum absolute atomic E-state index is 13.8. The number of carbonyl (C=O) groups excluding carboxylic acids is 1. The molecule has 242 valence electrons. The van der Waals surface area contributed by atoms with Crippen molar-refractivity contribution in [2.45, 2.75) is 114 Å². The third-order valence-electron chi connectivity index (χ3n) is 10.8. The molecule has 1 aliphatic carbocycles. The standard InChI is InChI=1S/C36H52ClN3O3S/c1-27-24-34(29(3)23-32(27)37)44(42,43)40-22-8-7-13-33(40)28(2)25-35(41)38-19-16-30-14-17-36(18-15-30,39-20-9-10-21-39)26-31-11-5-4-6-12-31/h4-6,11-12,23-24,28,30,33H,7-10,13-22,25-26H2,1-3H3,(H,38,41). The van der Waals surface area contributed by atoms with E-state index in [1.165, 1.54) is 57.2 Å². The van der Waals surface area contributed by atoms with Crippen molar-refractivity contribution >= 4 is 27.5 Å². The van der Waals surface area contributed by atoms with E-state index in [4.69, 9.17) is 11.6 Å². The van der Waals surface area contributed by atoms with E-state index in [2.05, 4.69) is 40.5 Å². The van der Waals surface area contributed by atoms with Crippen molar-refractivity contribution in [2.24, 2.45) is 11.8 Å². The van der Waals surface area contributed by atoms with Crippen LogP contribution in [0, 0.1) is 25.7 Å². The van der Waals surface area contributed by atoms with Crippen molar-refractivity contribution in [3.05, 3.63) is 64.2 Å². The minimum atomic E-state index is -3.69. The van der Waals surface area contributed by atoms with Crippen LogP contribution in [-0.4, -0.2) is 61.3 Å². The van der Waals surface area contributed by atoms with Gasteiger partial charge < -0.3 is 5.32 Å². The summed E-state index contributed by atoms with van der Waals surface area (Å²) in [7, 11) is -3.69. The molecule has 0 spiro atoms. The zero-order valence-corrected chi connectivity index (χ0v) is 28.6. The molecule has 1 N–H and O–H groups in total. The highest BCUT2D eigenvalue weighted by Crippen LogP contribution is 2.41. The fourth-order valence-electron chi connectivity index (χ4n) is 8.15. The highest BCUT2D eigenvalue weighted by atomic mass is 35.5. The SMILES string of the molecule is Cc1cc(S(=O)(=O)N2CCCCC2C(C)CC(=O)NCCC2CCC(Cc3ccccc3)(N3CCCC3)CC2)c(C)cc1Cl. The van der Waals surface area contributed by atoms with E-state index >= 15 is 0 Å². The molecule has 2 heterocycles. The fraction of sp³-hybridized carbons (Fsp3) is 0.639. The van der Waals surface area contributed by atoms with Crippen molar-refractivity contribution in [3.63, 3.8) is 0 Å². The summed E-state index contributed by atoms with van der Waals surface area (Å²) in [4.78, 5) is 16.2. The van der Waals surface area contributed by atoms with Gasteiger partial charge in [-0.15, -0.1) is 0 Å². The molecular weight excluding hydrogens is 590 g/mol. The predicted molar refractivity (Wildman–Crippen MR) is 180 cm³/mol. The van der Waals surface area contributed by atoms with Crippen molar-refractivity contribution in [3.8, 4) is 0 Å². The fourth-order valence-corrected chi connectivity index (χ4v) is 10.4. The van der Waals surface area contributed by atoms with Crippen LogP contribution >= 0.6 is 11.6 Å². The van der Waals surface area contributed by atoms with Gasteiger partial charge in [-0.25, -0.2) is 8.42 Å². The maximum Gasteiger partial charge on any atom is 0.243 e. The molecule has 2 aliphatic heterocycles. The smallest absolute Gasteiger partial charge is 0.243 e. The van der Waals surface area contributed by atoms with Gasteiger partial charge in [-0.2, -0.15) is 4.31 Å². The van der Waals surface area contributed by atoms with Gasteiger partial charge in [0.25, 0.3) is 0 Å². The molecule has 8 heteroatoms. The third kappa shape index (κ3) is 7.71. The van der Waals surface area contributed by atoms with Crippen LogP contribution in [-0.2, 0) is 21.2 Å². The first-order chi connectivity index (χ1) is 21.1. The second-order valence-corrected chi connectivity index (χ2v) is 16.2. The van der Waals surface area contributed by atoms with Crippen LogP contribution in [0.25, 0.3) is 0 Å². The number of amides is 1. The lowest BCUT2D eigenvalue weighted by Gasteiger charge is -2.47. The summed E-state index contributed by atoms with van der Waals surface area (Å²) in [5, 5.41) is 3.77. The van der Waals surface area contributed by atoms with Crippen molar-refractivity contribution in [2.75, 3.05) is 26.2 Å². The first-order valence-electron chi connectivity index (χ1n) is 16.9. The second-order valence-electron chi connectivity index (χ2n) is 13.9. The largest absolute Gasteiger partial charge is 0.356 e. The van der Waals surface area contributed by atoms with Crippen LogP contribution in [0.1, 0.15) is 94.2 Å². The molecule has 44 heavy (non-hydrogen) atoms. The highest BCUT2D eigenvalue weighted by molar-refractivity contribution is 7.89. The van der Waals surface area contributed by atoms with Crippen LogP contribution in [0.3, 0.4) is 0 Å². The Morgan fingerprint density at radius 3 is 2.36 bits per heavy atom. The Balaban J connectivity index is 1.12. The number of halogens is 1. The number of rotatable bonds is 11. The molecular formula is C36H52ClN3O3S. The Kier molecular flexibility index (Phi) is 11.1. The van der Waals surface area contributed by atoms with Crippen LogP contribution in [0.5, 0.6) is 0 Å². The highest BCUT2D eigenvalue weighted by Gasteiger charge is 2.41.